The number of anilines is 1. The van der Waals surface area contributed by atoms with E-state index in [4.69, 9.17) is 39.8 Å². The van der Waals surface area contributed by atoms with Gasteiger partial charge in [0.05, 0.1) is 20.5 Å². The Balaban J connectivity index is 1.63. The second-order valence-electron chi connectivity index (χ2n) is 6.12. The van der Waals surface area contributed by atoms with Crippen molar-refractivity contribution in [1.29, 1.82) is 0 Å². The fraction of sp³-hybridized carbons (Fsp3) is 0. The van der Waals surface area contributed by atoms with E-state index in [2.05, 4.69) is 0 Å². The lowest BCUT2D eigenvalue weighted by Gasteiger charge is -2.14. The van der Waals surface area contributed by atoms with Crippen LogP contribution in [0.5, 0.6) is 0 Å². The van der Waals surface area contributed by atoms with Crippen molar-refractivity contribution in [2.45, 2.75) is 0 Å². The Morgan fingerprint density at radius 3 is 2.53 bits per heavy atom. The SMILES string of the molecule is O=C1/C(=C\c2ccc(-c3cc([N+](=O)[O-])ccc3Cl)o2)SC(=S)N1c1ccc(Cl)cc1. The molecule has 0 radical (unpaired) electrons. The Kier molecular flexibility index (Phi) is 5.66. The molecule has 1 fully saturated rings. The molecule has 0 aliphatic carbocycles. The molecular weight excluding hydrogens is 467 g/mol. The molecule has 0 atom stereocenters. The molecule has 10 heteroatoms. The van der Waals surface area contributed by atoms with Crippen molar-refractivity contribution >= 4 is 74.9 Å². The third-order valence-electron chi connectivity index (χ3n) is 4.20. The molecule has 1 aliphatic rings. The number of hydrogen-bond donors (Lipinski definition) is 0. The van der Waals surface area contributed by atoms with Crippen molar-refractivity contribution in [3.8, 4) is 11.3 Å². The molecule has 0 saturated carbocycles. The zero-order chi connectivity index (χ0) is 21.4. The van der Waals surface area contributed by atoms with Gasteiger partial charge in [-0.2, -0.15) is 0 Å². The quantitative estimate of drug-likeness (QED) is 0.183. The zero-order valence-electron chi connectivity index (χ0n) is 14.9. The fourth-order valence-corrected chi connectivity index (χ4v) is 4.42. The first-order valence-corrected chi connectivity index (χ1v) is 10.4. The molecule has 1 aliphatic heterocycles. The lowest BCUT2D eigenvalue weighted by Crippen LogP contribution is -2.27. The zero-order valence-corrected chi connectivity index (χ0v) is 18.0. The van der Waals surface area contributed by atoms with E-state index >= 15 is 0 Å². The highest BCUT2D eigenvalue weighted by atomic mass is 35.5. The molecule has 1 aromatic heterocycles. The Hall–Kier alpha value is -2.65. The molecule has 0 N–H and O–H groups in total. The number of carbonyl (C=O) groups excluding carboxylic acids is 1. The van der Waals surface area contributed by atoms with Gasteiger partial charge in [0.15, 0.2) is 4.32 Å². The van der Waals surface area contributed by atoms with Gasteiger partial charge in [-0.3, -0.25) is 19.8 Å². The maximum Gasteiger partial charge on any atom is 0.270 e. The summed E-state index contributed by atoms with van der Waals surface area (Å²) in [5.74, 6) is 0.464. The first-order chi connectivity index (χ1) is 14.3. The van der Waals surface area contributed by atoms with Crippen LogP contribution in [-0.2, 0) is 4.79 Å². The fourth-order valence-electron chi connectivity index (χ4n) is 2.80. The Morgan fingerprint density at radius 2 is 1.83 bits per heavy atom. The number of nitro groups is 1. The van der Waals surface area contributed by atoms with E-state index in [0.29, 0.717) is 42.0 Å². The van der Waals surface area contributed by atoms with Gasteiger partial charge in [0.25, 0.3) is 11.6 Å². The second kappa shape index (κ2) is 8.23. The summed E-state index contributed by atoms with van der Waals surface area (Å²) in [6.45, 7) is 0. The number of amides is 1. The standard InChI is InChI=1S/C20H10Cl2N2O4S2/c21-11-1-3-12(4-2-11)23-19(25)18(30-20(23)29)10-14-6-8-17(28-14)15-9-13(24(26)27)5-7-16(15)22/h1-10H/b18-10+. The number of furan rings is 1. The third-order valence-corrected chi connectivity index (χ3v) is 6.09. The summed E-state index contributed by atoms with van der Waals surface area (Å²) in [5, 5.41) is 11.9. The van der Waals surface area contributed by atoms with Crippen LogP contribution in [0.1, 0.15) is 5.76 Å². The molecule has 1 saturated heterocycles. The molecular formula is C20H10Cl2N2O4S2. The summed E-state index contributed by atoms with van der Waals surface area (Å²) in [7, 11) is 0. The molecule has 0 spiro atoms. The minimum Gasteiger partial charge on any atom is -0.457 e. The van der Waals surface area contributed by atoms with Crippen molar-refractivity contribution in [2.75, 3.05) is 4.90 Å². The predicted octanol–water partition coefficient (Wildman–Crippen LogP) is 6.57. The molecule has 0 bridgehead atoms. The number of hydrogen-bond acceptors (Lipinski definition) is 6. The summed E-state index contributed by atoms with van der Waals surface area (Å²) < 4.78 is 6.15. The predicted molar refractivity (Wildman–Crippen MR) is 123 cm³/mol. The average molecular weight is 477 g/mol. The van der Waals surface area contributed by atoms with Crippen LogP contribution in [0.2, 0.25) is 10.0 Å². The van der Waals surface area contributed by atoms with Gasteiger partial charge < -0.3 is 4.42 Å². The monoisotopic (exact) mass is 476 g/mol. The smallest absolute Gasteiger partial charge is 0.270 e. The van der Waals surface area contributed by atoms with E-state index in [-0.39, 0.29) is 11.6 Å². The highest BCUT2D eigenvalue weighted by molar-refractivity contribution is 8.27. The van der Waals surface area contributed by atoms with E-state index in [0.717, 1.165) is 11.8 Å². The van der Waals surface area contributed by atoms with Crippen LogP contribution in [0.4, 0.5) is 11.4 Å². The lowest BCUT2D eigenvalue weighted by molar-refractivity contribution is -0.384. The highest BCUT2D eigenvalue weighted by Gasteiger charge is 2.33. The van der Waals surface area contributed by atoms with Gasteiger partial charge >= 0.3 is 0 Å². The van der Waals surface area contributed by atoms with Gasteiger partial charge in [-0.15, -0.1) is 0 Å². The van der Waals surface area contributed by atoms with Gasteiger partial charge in [0.2, 0.25) is 0 Å². The Morgan fingerprint density at radius 1 is 1.10 bits per heavy atom. The molecule has 2 aromatic carbocycles. The third kappa shape index (κ3) is 3.99. The van der Waals surface area contributed by atoms with Crippen LogP contribution >= 0.6 is 47.2 Å². The van der Waals surface area contributed by atoms with Gasteiger partial charge in [-0.1, -0.05) is 47.2 Å². The number of non-ortho nitro benzene ring substituents is 1. The first-order valence-electron chi connectivity index (χ1n) is 8.41. The lowest BCUT2D eigenvalue weighted by atomic mass is 10.1. The first kappa shape index (κ1) is 20.6. The summed E-state index contributed by atoms with van der Waals surface area (Å²) >= 11 is 18.6. The minimum absolute atomic E-state index is 0.101. The van der Waals surface area contributed by atoms with Crippen LogP contribution in [-0.4, -0.2) is 15.2 Å². The topological polar surface area (TPSA) is 76.6 Å². The van der Waals surface area contributed by atoms with E-state index in [9.17, 15) is 14.9 Å². The molecule has 150 valence electrons. The summed E-state index contributed by atoms with van der Waals surface area (Å²) in [6, 6.07) is 14.2. The number of nitro benzene ring substituents is 1. The van der Waals surface area contributed by atoms with Crippen LogP contribution in [0.25, 0.3) is 17.4 Å². The number of benzene rings is 2. The van der Waals surface area contributed by atoms with Gasteiger partial charge in [0, 0.05) is 28.8 Å². The summed E-state index contributed by atoms with van der Waals surface area (Å²) in [4.78, 5) is 25.2. The van der Waals surface area contributed by atoms with Crippen LogP contribution in [0, 0.1) is 10.1 Å². The van der Waals surface area contributed by atoms with Crippen LogP contribution in [0.15, 0.2) is 63.9 Å². The van der Waals surface area contributed by atoms with Crippen molar-refractivity contribution < 1.29 is 14.1 Å². The normalized spacial score (nSPS) is 15.3. The average Bonchev–Trinajstić information content (AvgIpc) is 3.27. The highest BCUT2D eigenvalue weighted by Crippen LogP contribution is 2.38. The molecule has 2 heterocycles. The number of carbonyl (C=O) groups is 1. The number of thioether (sulfide) groups is 1. The van der Waals surface area contributed by atoms with Crippen molar-refractivity contribution in [2.24, 2.45) is 0 Å². The molecule has 0 unspecified atom stereocenters. The summed E-state index contributed by atoms with van der Waals surface area (Å²) in [5.41, 5.74) is 0.907. The largest absolute Gasteiger partial charge is 0.457 e. The Labute approximate surface area is 190 Å². The van der Waals surface area contributed by atoms with Crippen LogP contribution < -0.4 is 4.90 Å². The number of halogens is 2. The van der Waals surface area contributed by atoms with Gasteiger partial charge in [-0.25, -0.2) is 0 Å². The molecule has 6 nitrogen and oxygen atoms in total. The minimum atomic E-state index is -0.508. The second-order valence-corrected chi connectivity index (χ2v) is 8.64. The van der Waals surface area contributed by atoms with E-state index in [1.54, 1.807) is 42.5 Å². The van der Waals surface area contributed by atoms with Crippen molar-refractivity contribution in [3.05, 3.63) is 85.4 Å². The van der Waals surface area contributed by atoms with Crippen molar-refractivity contribution in [3.63, 3.8) is 0 Å². The molecule has 3 aromatic rings. The Bertz CT molecular complexity index is 1220. The molecule has 1 amide bonds. The number of nitrogens with zero attached hydrogens (tertiary/aromatic N) is 2. The molecule has 30 heavy (non-hydrogen) atoms. The maximum atomic E-state index is 12.8. The van der Waals surface area contributed by atoms with Gasteiger partial charge in [-0.05, 0) is 42.5 Å². The number of rotatable bonds is 4. The van der Waals surface area contributed by atoms with Crippen molar-refractivity contribution in [1.82, 2.24) is 0 Å². The van der Waals surface area contributed by atoms with E-state index in [1.807, 2.05) is 0 Å². The van der Waals surface area contributed by atoms with Crippen LogP contribution in [0.3, 0.4) is 0 Å². The van der Waals surface area contributed by atoms with E-state index < -0.39 is 4.92 Å². The molecule has 4 rings (SSSR count). The maximum absolute atomic E-state index is 12.8. The van der Waals surface area contributed by atoms with Gasteiger partial charge in [0.1, 0.15) is 11.5 Å². The summed E-state index contributed by atoms with van der Waals surface area (Å²) in [6.07, 6.45) is 1.57. The van der Waals surface area contributed by atoms with E-state index in [1.165, 1.54) is 23.1 Å². The number of thiocarbonyl (C=S) groups is 1.